The molecule has 1 saturated carbocycles. The standard InChI is InChI=1S/C38H57N9O6/c1-7-14-28(34(49)37(52)39-24(6)25-15-9-8-10-16-25)40-36(51)33-27-18-13-17-26(27)21-47(33)38(53)32(23(4)5)42-35(50)31(22(2)3)41-30(48)20-12-11-19-29-43-45-46-44-29/h8-10,15-16,22-24,26-28,31-33H,7,11-14,17-21H2,1-6H3,(H,39,52)(H,40,51)(H,41,48)(H,42,50)(H,43,44,45,46)/t24-,26+,27+,28?,31+,32+,33+/m1/s1. The highest BCUT2D eigenvalue weighted by Gasteiger charge is 2.51. The molecule has 4 rings (SSSR count). The summed E-state index contributed by atoms with van der Waals surface area (Å²) in [5, 5.41) is 25.0. The molecule has 15 nitrogen and oxygen atoms in total. The highest BCUT2D eigenvalue weighted by molar-refractivity contribution is 6.38. The molecule has 1 aromatic carbocycles. The monoisotopic (exact) mass is 735 g/mol. The van der Waals surface area contributed by atoms with Crippen LogP contribution in [0.5, 0.6) is 0 Å². The summed E-state index contributed by atoms with van der Waals surface area (Å²) in [5.74, 6) is -3.05. The molecule has 2 aromatic rings. The van der Waals surface area contributed by atoms with Crippen molar-refractivity contribution in [3.8, 4) is 0 Å². The number of hydrogen-bond acceptors (Lipinski definition) is 9. The lowest BCUT2D eigenvalue weighted by Crippen LogP contribution is -2.60. The van der Waals surface area contributed by atoms with Gasteiger partial charge in [-0.05, 0) is 78.7 Å². The van der Waals surface area contributed by atoms with Crippen LogP contribution >= 0.6 is 0 Å². The van der Waals surface area contributed by atoms with Crippen LogP contribution in [-0.4, -0.2) is 91.6 Å². The third kappa shape index (κ3) is 10.9. The molecule has 1 unspecified atom stereocenters. The zero-order valence-corrected chi connectivity index (χ0v) is 31.9. The molecule has 0 spiro atoms. The van der Waals surface area contributed by atoms with Crippen molar-refractivity contribution in [3.05, 3.63) is 41.7 Å². The summed E-state index contributed by atoms with van der Waals surface area (Å²) in [4.78, 5) is 83.1. The van der Waals surface area contributed by atoms with Gasteiger partial charge in [0.15, 0.2) is 0 Å². The lowest BCUT2D eigenvalue weighted by atomic mass is 9.92. The first-order chi connectivity index (χ1) is 25.3. The van der Waals surface area contributed by atoms with Crippen LogP contribution in [0.3, 0.4) is 0 Å². The number of amides is 5. The molecule has 0 bridgehead atoms. The Morgan fingerprint density at radius 2 is 1.60 bits per heavy atom. The molecule has 1 aliphatic carbocycles. The maximum atomic E-state index is 14.4. The maximum Gasteiger partial charge on any atom is 0.290 e. The predicted octanol–water partition coefficient (Wildman–Crippen LogP) is 2.55. The van der Waals surface area contributed by atoms with E-state index in [1.165, 1.54) is 0 Å². The van der Waals surface area contributed by atoms with Crippen molar-refractivity contribution in [2.75, 3.05) is 6.54 Å². The van der Waals surface area contributed by atoms with Gasteiger partial charge < -0.3 is 26.2 Å². The second-order valence-electron chi connectivity index (χ2n) is 15.2. The number of rotatable bonds is 19. The number of unbranched alkanes of at least 4 members (excludes halogenated alkanes) is 1. The number of likely N-dealkylation sites (tertiary alicyclic amines) is 1. The summed E-state index contributed by atoms with van der Waals surface area (Å²) in [6.45, 7) is 11.3. The van der Waals surface area contributed by atoms with E-state index in [-0.39, 0.29) is 48.3 Å². The number of hydrogen-bond donors (Lipinski definition) is 5. The van der Waals surface area contributed by atoms with Crippen molar-refractivity contribution in [2.24, 2.45) is 23.7 Å². The molecule has 1 saturated heterocycles. The average molecular weight is 736 g/mol. The smallest absolute Gasteiger partial charge is 0.290 e. The fourth-order valence-corrected chi connectivity index (χ4v) is 7.51. The van der Waals surface area contributed by atoms with E-state index in [4.69, 9.17) is 0 Å². The normalized spacial score (nSPS) is 20.3. The van der Waals surface area contributed by atoms with Crippen LogP contribution in [0.2, 0.25) is 0 Å². The van der Waals surface area contributed by atoms with Crippen molar-refractivity contribution < 1.29 is 28.8 Å². The second kappa shape index (κ2) is 19.4. The Bertz CT molecular complexity index is 1550. The minimum atomic E-state index is -1.05. The van der Waals surface area contributed by atoms with E-state index in [9.17, 15) is 28.8 Å². The molecule has 5 N–H and O–H groups in total. The number of aryl methyl sites for hydroxylation is 1. The van der Waals surface area contributed by atoms with Gasteiger partial charge in [0, 0.05) is 19.4 Å². The maximum absolute atomic E-state index is 14.4. The second-order valence-corrected chi connectivity index (χ2v) is 15.2. The Morgan fingerprint density at radius 1 is 0.887 bits per heavy atom. The van der Waals surface area contributed by atoms with Gasteiger partial charge >= 0.3 is 0 Å². The largest absolute Gasteiger partial charge is 0.344 e. The third-order valence-corrected chi connectivity index (χ3v) is 10.5. The first-order valence-electron chi connectivity index (χ1n) is 19.1. The van der Waals surface area contributed by atoms with E-state index in [1.54, 1.807) is 11.8 Å². The molecule has 7 atom stereocenters. The lowest BCUT2D eigenvalue weighted by Gasteiger charge is -2.34. The highest BCUT2D eigenvalue weighted by atomic mass is 16.2. The minimum Gasteiger partial charge on any atom is -0.344 e. The number of carbonyl (C=O) groups is 6. The van der Waals surface area contributed by atoms with Gasteiger partial charge in [-0.2, -0.15) is 0 Å². The zero-order valence-electron chi connectivity index (χ0n) is 31.9. The van der Waals surface area contributed by atoms with Crippen LogP contribution in [0, 0.1) is 23.7 Å². The van der Waals surface area contributed by atoms with Gasteiger partial charge in [0.25, 0.3) is 5.91 Å². The number of nitrogens with zero attached hydrogens (tertiary/aromatic N) is 4. The molecule has 15 heteroatoms. The highest BCUT2D eigenvalue weighted by Crippen LogP contribution is 2.42. The van der Waals surface area contributed by atoms with Gasteiger partial charge in [0.1, 0.15) is 23.9 Å². The number of aromatic nitrogens is 4. The summed E-state index contributed by atoms with van der Waals surface area (Å²) in [7, 11) is 0. The Balaban J connectivity index is 1.42. The van der Waals surface area contributed by atoms with Crippen LogP contribution in [0.25, 0.3) is 0 Å². The summed E-state index contributed by atoms with van der Waals surface area (Å²) in [6.07, 6.45) is 5.44. The number of aromatic amines is 1. The van der Waals surface area contributed by atoms with Crippen LogP contribution in [-0.2, 0) is 35.2 Å². The molecular weight excluding hydrogens is 678 g/mol. The number of H-pyrrole nitrogens is 1. The number of nitrogens with one attached hydrogen (secondary N) is 5. The van der Waals surface area contributed by atoms with Gasteiger partial charge in [-0.15, -0.1) is 5.10 Å². The topological polar surface area (TPSA) is 208 Å². The molecule has 2 heterocycles. The van der Waals surface area contributed by atoms with E-state index >= 15 is 0 Å². The molecule has 1 aliphatic heterocycles. The molecule has 2 aliphatic rings. The zero-order chi connectivity index (χ0) is 38.7. The van der Waals surface area contributed by atoms with Crippen molar-refractivity contribution in [3.63, 3.8) is 0 Å². The van der Waals surface area contributed by atoms with E-state index < -0.39 is 53.7 Å². The molecule has 290 valence electrons. The fourth-order valence-electron chi connectivity index (χ4n) is 7.51. The Morgan fingerprint density at radius 3 is 2.25 bits per heavy atom. The number of benzene rings is 1. The van der Waals surface area contributed by atoms with E-state index in [2.05, 4.69) is 41.9 Å². The number of tetrazole rings is 1. The summed E-state index contributed by atoms with van der Waals surface area (Å²) >= 11 is 0. The number of ketones is 1. The lowest BCUT2D eigenvalue weighted by molar-refractivity contribution is -0.145. The van der Waals surface area contributed by atoms with Crippen molar-refractivity contribution >= 4 is 35.3 Å². The van der Waals surface area contributed by atoms with Gasteiger partial charge in [0.2, 0.25) is 29.4 Å². The molecule has 1 aromatic heterocycles. The molecular formula is C38H57N9O6. The average Bonchev–Trinajstić information content (AvgIpc) is 3.89. The number of carbonyl (C=O) groups excluding carboxylic acids is 6. The van der Waals surface area contributed by atoms with E-state index in [0.717, 1.165) is 24.8 Å². The summed E-state index contributed by atoms with van der Waals surface area (Å²) < 4.78 is 0. The van der Waals surface area contributed by atoms with Crippen molar-refractivity contribution in [1.29, 1.82) is 0 Å². The van der Waals surface area contributed by atoms with Crippen LogP contribution < -0.4 is 21.3 Å². The Labute approximate surface area is 311 Å². The summed E-state index contributed by atoms with van der Waals surface area (Å²) in [5.41, 5.74) is 0.847. The molecule has 53 heavy (non-hydrogen) atoms. The Kier molecular flexibility index (Phi) is 15.0. The van der Waals surface area contributed by atoms with Crippen molar-refractivity contribution in [2.45, 2.75) is 130 Å². The van der Waals surface area contributed by atoms with Crippen molar-refractivity contribution in [1.82, 2.24) is 46.8 Å². The molecule has 5 amide bonds. The summed E-state index contributed by atoms with van der Waals surface area (Å²) in [6, 6.07) is 5.16. The van der Waals surface area contributed by atoms with Gasteiger partial charge in [-0.25, -0.2) is 5.10 Å². The first-order valence-corrected chi connectivity index (χ1v) is 19.1. The van der Waals surface area contributed by atoms with Gasteiger partial charge in [-0.1, -0.05) is 77.8 Å². The molecule has 0 radical (unpaired) electrons. The Hall–Kier alpha value is -4.69. The van der Waals surface area contributed by atoms with Gasteiger partial charge in [-0.3, -0.25) is 28.8 Å². The van der Waals surface area contributed by atoms with Crippen LogP contribution in [0.15, 0.2) is 30.3 Å². The van der Waals surface area contributed by atoms with Crippen LogP contribution in [0.1, 0.15) is 110 Å². The first kappa shape index (κ1) is 41.1. The van der Waals surface area contributed by atoms with E-state index in [1.807, 2.05) is 65.0 Å². The number of Topliss-reactive ketones (excluding diaryl/α,β-unsaturated/α-hetero) is 1. The van der Waals surface area contributed by atoms with Gasteiger partial charge in [0.05, 0.1) is 12.1 Å². The van der Waals surface area contributed by atoms with E-state index in [0.29, 0.717) is 38.1 Å². The molecule has 2 fully saturated rings. The SMILES string of the molecule is CCCC(NC(=O)[C@@H]1[C@H]2CCC[C@H]2CN1C(=O)[C@@H](NC(=O)[C@@H](NC(=O)CCCCc1nnn[nH]1)C(C)C)C(C)C)C(=O)C(=O)N[C@H](C)c1ccccc1. The third-order valence-electron chi connectivity index (χ3n) is 10.5. The number of fused-ring (bicyclic) bond motifs is 1. The fraction of sp³-hybridized carbons (Fsp3) is 0.658. The van der Waals surface area contributed by atoms with Crippen LogP contribution in [0.4, 0.5) is 0 Å². The predicted molar refractivity (Wildman–Crippen MR) is 196 cm³/mol. The minimum absolute atomic E-state index is 0.102. The quantitative estimate of drug-likeness (QED) is 0.106.